The van der Waals surface area contributed by atoms with Crippen molar-refractivity contribution in [3.63, 3.8) is 0 Å². The first-order chi connectivity index (χ1) is 7.58. The molecule has 1 fully saturated rings. The Morgan fingerprint density at radius 1 is 1.38 bits per heavy atom. The van der Waals surface area contributed by atoms with Gasteiger partial charge in [-0.25, -0.2) is 0 Å². The summed E-state index contributed by atoms with van der Waals surface area (Å²) in [6.07, 6.45) is 1.20. The van der Waals surface area contributed by atoms with Gasteiger partial charge in [-0.15, -0.1) is 16.7 Å². The van der Waals surface area contributed by atoms with E-state index in [9.17, 15) is 0 Å². The van der Waals surface area contributed by atoms with Crippen molar-refractivity contribution < 1.29 is 4.42 Å². The minimum absolute atomic E-state index is 0.218. The number of nitrogens with zero attached hydrogens (tertiary/aromatic N) is 3. The molecule has 1 aliphatic rings. The zero-order valence-electron chi connectivity index (χ0n) is 9.98. The molecule has 0 amide bonds. The zero-order valence-corrected chi connectivity index (χ0v) is 10.7. The van der Waals surface area contributed by atoms with Gasteiger partial charge in [-0.3, -0.25) is 0 Å². The molecule has 2 rings (SSSR count). The summed E-state index contributed by atoms with van der Waals surface area (Å²) >= 11 is 5.89. The van der Waals surface area contributed by atoms with Gasteiger partial charge in [0.25, 0.3) is 0 Å². The van der Waals surface area contributed by atoms with E-state index >= 15 is 0 Å². The van der Waals surface area contributed by atoms with E-state index in [1.54, 1.807) is 0 Å². The lowest BCUT2D eigenvalue weighted by Gasteiger charge is -2.15. The predicted octanol–water partition coefficient (Wildman–Crippen LogP) is 2.85. The van der Waals surface area contributed by atoms with Gasteiger partial charge >= 0.3 is 6.01 Å². The van der Waals surface area contributed by atoms with Gasteiger partial charge < -0.3 is 9.32 Å². The van der Waals surface area contributed by atoms with Crippen LogP contribution in [0.1, 0.15) is 38.5 Å². The molecule has 0 N–H and O–H groups in total. The number of hydrogen-bond acceptors (Lipinski definition) is 4. The lowest BCUT2D eigenvalue weighted by atomic mass is 9.95. The van der Waals surface area contributed by atoms with Gasteiger partial charge in [-0.2, -0.15) is 0 Å². The van der Waals surface area contributed by atoms with Gasteiger partial charge in [-0.1, -0.05) is 18.9 Å². The number of halogens is 1. The topological polar surface area (TPSA) is 42.2 Å². The molecule has 0 aliphatic carbocycles. The van der Waals surface area contributed by atoms with Crippen LogP contribution in [0.2, 0.25) is 0 Å². The molecule has 1 saturated heterocycles. The Bertz CT molecular complexity index is 351. The third-order valence-corrected chi connectivity index (χ3v) is 3.39. The molecule has 0 spiro atoms. The second-order valence-corrected chi connectivity index (χ2v) is 5.43. The number of rotatable bonds is 3. The van der Waals surface area contributed by atoms with Crippen LogP contribution in [0.4, 0.5) is 6.01 Å². The van der Waals surface area contributed by atoms with Crippen LogP contribution in [0.5, 0.6) is 0 Å². The van der Waals surface area contributed by atoms with Crippen molar-refractivity contribution in [2.24, 2.45) is 11.8 Å². The first kappa shape index (κ1) is 11.7. The highest BCUT2D eigenvalue weighted by molar-refractivity contribution is 6.20. The van der Waals surface area contributed by atoms with Crippen molar-refractivity contribution in [2.45, 2.75) is 32.6 Å². The highest BCUT2D eigenvalue weighted by Crippen LogP contribution is 2.28. The molecule has 5 heteroatoms. The molecule has 0 radical (unpaired) electrons. The molecule has 2 unspecified atom stereocenters. The van der Waals surface area contributed by atoms with Gasteiger partial charge in [-0.05, 0) is 25.2 Å². The molecule has 0 saturated carbocycles. The summed E-state index contributed by atoms with van der Waals surface area (Å²) in [6, 6.07) is 0.616. The summed E-state index contributed by atoms with van der Waals surface area (Å²) in [5.74, 6) is 1.94. The Balaban J connectivity index is 2.03. The maximum absolute atomic E-state index is 5.89. The number of hydrogen-bond donors (Lipinski definition) is 0. The molecule has 90 valence electrons. The molecule has 1 aromatic heterocycles. The number of alkyl halides is 1. The smallest absolute Gasteiger partial charge is 0.318 e. The highest BCUT2D eigenvalue weighted by atomic mass is 35.5. The summed E-state index contributed by atoms with van der Waals surface area (Å²) in [6.45, 7) is 8.36. The SMILES string of the molecule is CC(Cl)c1nnc(N2CCC(C(C)C)C2)o1. The largest absolute Gasteiger partial charge is 0.406 e. The van der Waals surface area contributed by atoms with Gasteiger partial charge in [0, 0.05) is 13.1 Å². The number of anilines is 1. The maximum atomic E-state index is 5.89. The maximum Gasteiger partial charge on any atom is 0.318 e. The van der Waals surface area contributed by atoms with Gasteiger partial charge in [0.1, 0.15) is 5.38 Å². The lowest BCUT2D eigenvalue weighted by molar-refractivity contribution is 0.419. The van der Waals surface area contributed by atoms with E-state index in [0.717, 1.165) is 19.0 Å². The molecule has 1 aliphatic heterocycles. The normalized spacial score (nSPS) is 23.1. The quantitative estimate of drug-likeness (QED) is 0.766. The molecular weight excluding hydrogens is 226 g/mol. The molecule has 0 aromatic carbocycles. The fraction of sp³-hybridized carbons (Fsp3) is 0.818. The van der Waals surface area contributed by atoms with Crippen molar-refractivity contribution >= 4 is 17.6 Å². The second-order valence-electron chi connectivity index (χ2n) is 4.78. The Kier molecular flexibility index (Phi) is 3.38. The molecule has 4 nitrogen and oxygen atoms in total. The summed E-state index contributed by atoms with van der Waals surface area (Å²) in [7, 11) is 0. The van der Waals surface area contributed by atoms with E-state index in [1.165, 1.54) is 6.42 Å². The van der Waals surface area contributed by atoms with Gasteiger partial charge in [0.2, 0.25) is 5.89 Å². The summed E-state index contributed by atoms with van der Waals surface area (Å²) in [5.41, 5.74) is 0. The van der Waals surface area contributed by atoms with Crippen molar-refractivity contribution in [3.8, 4) is 0 Å². The predicted molar refractivity (Wildman–Crippen MR) is 63.7 cm³/mol. The first-order valence-electron chi connectivity index (χ1n) is 5.80. The molecule has 1 aromatic rings. The summed E-state index contributed by atoms with van der Waals surface area (Å²) in [5, 5.41) is 7.76. The number of aromatic nitrogens is 2. The fourth-order valence-electron chi connectivity index (χ4n) is 2.02. The highest BCUT2D eigenvalue weighted by Gasteiger charge is 2.28. The summed E-state index contributed by atoms with van der Waals surface area (Å²) < 4.78 is 5.53. The second kappa shape index (κ2) is 4.62. The van der Waals surface area contributed by atoms with Crippen LogP contribution in [0.15, 0.2) is 4.42 Å². The van der Waals surface area contributed by atoms with Gasteiger partial charge in [0.15, 0.2) is 0 Å². The fourth-order valence-corrected chi connectivity index (χ4v) is 2.11. The molecule has 2 heterocycles. The molecular formula is C11H18ClN3O. The van der Waals surface area contributed by atoms with E-state index in [-0.39, 0.29) is 5.38 Å². The van der Waals surface area contributed by atoms with Crippen LogP contribution in [-0.2, 0) is 0 Å². The summed E-state index contributed by atoms with van der Waals surface area (Å²) in [4.78, 5) is 2.15. The minimum atomic E-state index is -0.218. The van der Waals surface area contributed by atoms with Crippen molar-refractivity contribution in [3.05, 3.63) is 5.89 Å². The van der Waals surface area contributed by atoms with Crippen LogP contribution in [0.25, 0.3) is 0 Å². The van der Waals surface area contributed by atoms with E-state index in [0.29, 0.717) is 17.8 Å². The van der Waals surface area contributed by atoms with E-state index < -0.39 is 0 Å². The third-order valence-electron chi connectivity index (χ3n) is 3.21. The Labute approximate surface area is 101 Å². The average Bonchev–Trinajstić information content (AvgIpc) is 2.86. The van der Waals surface area contributed by atoms with Crippen LogP contribution >= 0.6 is 11.6 Å². The molecule has 16 heavy (non-hydrogen) atoms. The lowest BCUT2D eigenvalue weighted by Crippen LogP contribution is -2.21. The Morgan fingerprint density at radius 3 is 2.62 bits per heavy atom. The van der Waals surface area contributed by atoms with Crippen LogP contribution in [-0.4, -0.2) is 23.3 Å². The van der Waals surface area contributed by atoms with Crippen LogP contribution in [0.3, 0.4) is 0 Å². The third kappa shape index (κ3) is 2.32. The van der Waals surface area contributed by atoms with Crippen LogP contribution in [0, 0.1) is 11.8 Å². The first-order valence-corrected chi connectivity index (χ1v) is 6.24. The Hall–Kier alpha value is -0.770. The Morgan fingerprint density at radius 2 is 2.12 bits per heavy atom. The average molecular weight is 244 g/mol. The minimum Gasteiger partial charge on any atom is -0.406 e. The van der Waals surface area contributed by atoms with Crippen molar-refractivity contribution in [1.82, 2.24) is 10.2 Å². The molecule has 2 atom stereocenters. The van der Waals surface area contributed by atoms with Gasteiger partial charge in [0.05, 0.1) is 0 Å². The standard InChI is InChI=1S/C11H18ClN3O/c1-7(2)9-4-5-15(6-9)11-14-13-10(16-11)8(3)12/h7-9H,4-6H2,1-3H3. The zero-order chi connectivity index (χ0) is 11.7. The van der Waals surface area contributed by atoms with E-state index in [2.05, 4.69) is 28.9 Å². The molecule has 0 bridgehead atoms. The van der Waals surface area contributed by atoms with E-state index in [4.69, 9.17) is 16.0 Å². The van der Waals surface area contributed by atoms with Crippen LogP contribution < -0.4 is 4.90 Å². The monoisotopic (exact) mass is 243 g/mol. The van der Waals surface area contributed by atoms with Crippen molar-refractivity contribution in [2.75, 3.05) is 18.0 Å². The van der Waals surface area contributed by atoms with E-state index in [1.807, 2.05) is 6.92 Å². The van der Waals surface area contributed by atoms with Crippen molar-refractivity contribution in [1.29, 1.82) is 0 Å².